The van der Waals surface area contributed by atoms with Crippen LogP contribution in [0.25, 0.3) is 0 Å². The smallest absolute Gasteiger partial charge is 0.120 e. The molecule has 0 atom stereocenters. The van der Waals surface area contributed by atoms with Gasteiger partial charge in [0.25, 0.3) is 0 Å². The molecule has 94 valence electrons. The maximum atomic E-state index is 9.83. The molecule has 1 rings (SSSR count). The molecule has 0 aliphatic rings. The van der Waals surface area contributed by atoms with Crippen LogP contribution in [-0.2, 0) is 6.54 Å². The van der Waals surface area contributed by atoms with E-state index >= 15 is 0 Å². The van der Waals surface area contributed by atoms with Crippen LogP contribution >= 0.6 is 0 Å². The maximum Gasteiger partial charge on any atom is 0.120 e. The highest BCUT2D eigenvalue weighted by Crippen LogP contribution is 2.22. The number of hydrogen-bond donors (Lipinski definition) is 1. The van der Waals surface area contributed by atoms with Gasteiger partial charge in [0.2, 0.25) is 0 Å². The highest BCUT2D eigenvalue weighted by Gasteiger charge is 2.10. The van der Waals surface area contributed by atoms with Crippen LogP contribution in [0.3, 0.4) is 0 Å². The summed E-state index contributed by atoms with van der Waals surface area (Å²) in [4.78, 5) is 2.02. The summed E-state index contributed by atoms with van der Waals surface area (Å²) in [5.41, 5.74) is 1.89. The van der Waals surface area contributed by atoms with Crippen molar-refractivity contribution in [2.24, 2.45) is 0 Å². The molecule has 0 saturated carbocycles. The van der Waals surface area contributed by atoms with Crippen LogP contribution in [-0.4, -0.2) is 23.1 Å². The second-order valence-electron chi connectivity index (χ2n) is 4.16. The Morgan fingerprint density at radius 2 is 1.78 bits per heavy atom. The summed E-state index contributed by atoms with van der Waals surface area (Å²) >= 11 is 0. The number of phenols is 1. The van der Waals surface area contributed by atoms with Crippen LogP contribution in [0.4, 0.5) is 0 Å². The molecule has 0 bridgehead atoms. The molecular formula is C14H17N3O. The van der Waals surface area contributed by atoms with Crippen LogP contribution < -0.4 is 0 Å². The molecule has 1 N–H and O–H groups in total. The van der Waals surface area contributed by atoms with Crippen molar-refractivity contribution >= 4 is 0 Å². The van der Waals surface area contributed by atoms with Gasteiger partial charge in [-0.05, 0) is 18.6 Å². The number of aromatic hydroxyl groups is 1. The molecule has 0 spiro atoms. The lowest BCUT2D eigenvalue weighted by Crippen LogP contribution is -2.25. The molecule has 0 radical (unpaired) electrons. The van der Waals surface area contributed by atoms with Crippen molar-refractivity contribution in [3.63, 3.8) is 0 Å². The van der Waals surface area contributed by atoms with Crippen LogP contribution in [0.15, 0.2) is 18.2 Å². The van der Waals surface area contributed by atoms with Gasteiger partial charge in [0.05, 0.1) is 12.1 Å². The summed E-state index contributed by atoms with van der Waals surface area (Å²) in [6, 6.07) is 9.62. The van der Waals surface area contributed by atoms with Gasteiger partial charge in [-0.25, -0.2) is 0 Å². The van der Waals surface area contributed by atoms with Gasteiger partial charge in [0.15, 0.2) is 0 Å². The first-order chi connectivity index (χ1) is 8.69. The number of hydrogen-bond acceptors (Lipinski definition) is 4. The molecule has 0 aliphatic carbocycles. The van der Waals surface area contributed by atoms with Gasteiger partial charge in [-0.3, -0.25) is 4.90 Å². The highest BCUT2D eigenvalue weighted by atomic mass is 16.3. The zero-order valence-corrected chi connectivity index (χ0v) is 10.6. The van der Waals surface area contributed by atoms with E-state index in [1.54, 1.807) is 6.07 Å². The normalized spacial score (nSPS) is 10.0. The maximum absolute atomic E-state index is 9.83. The minimum absolute atomic E-state index is 0.272. The van der Waals surface area contributed by atoms with Crippen LogP contribution in [0, 0.1) is 29.6 Å². The fourth-order valence-electron chi connectivity index (χ4n) is 1.80. The molecule has 0 heterocycles. The number of nitrogens with zero attached hydrogens (tertiary/aromatic N) is 3. The number of rotatable bonds is 6. The molecule has 0 aromatic heterocycles. The van der Waals surface area contributed by atoms with Gasteiger partial charge in [-0.15, -0.1) is 0 Å². The second kappa shape index (κ2) is 7.32. The third kappa shape index (κ3) is 4.08. The van der Waals surface area contributed by atoms with E-state index in [2.05, 4.69) is 12.1 Å². The fraction of sp³-hybridized carbons (Fsp3) is 0.429. The Balaban J connectivity index is 2.76. The summed E-state index contributed by atoms with van der Waals surface area (Å²) in [5, 5.41) is 27.1. The predicted molar refractivity (Wildman–Crippen MR) is 68.6 cm³/mol. The van der Waals surface area contributed by atoms with E-state index in [1.807, 2.05) is 24.0 Å². The Morgan fingerprint density at radius 3 is 2.28 bits per heavy atom. The molecule has 0 fully saturated rings. The third-order valence-electron chi connectivity index (χ3n) is 2.85. The van der Waals surface area contributed by atoms with Crippen molar-refractivity contribution in [2.45, 2.75) is 26.3 Å². The van der Waals surface area contributed by atoms with Crippen molar-refractivity contribution in [1.82, 2.24) is 4.90 Å². The number of benzene rings is 1. The molecule has 0 saturated heterocycles. The van der Waals surface area contributed by atoms with E-state index in [0.29, 0.717) is 32.5 Å². The number of aryl methyl sites for hydroxylation is 1. The lowest BCUT2D eigenvalue weighted by Gasteiger charge is -2.21. The number of phenolic OH excluding ortho intramolecular Hbond substituents is 1. The number of nitriles is 2. The van der Waals surface area contributed by atoms with Crippen molar-refractivity contribution in [3.05, 3.63) is 29.3 Å². The quantitative estimate of drug-likeness (QED) is 0.832. The first-order valence-corrected chi connectivity index (χ1v) is 5.92. The Bertz CT molecular complexity index is 433. The topological polar surface area (TPSA) is 71.0 Å². The van der Waals surface area contributed by atoms with Gasteiger partial charge < -0.3 is 5.11 Å². The Kier molecular flexibility index (Phi) is 5.70. The van der Waals surface area contributed by atoms with Crippen molar-refractivity contribution in [3.8, 4) is 17.9 Å². The Morgan fingerprint density at radius 1 is 1.17 bits per heavy atom. The summed E-state index contributed by atoms with van der Waals surface area (Å²) < 4.78 is 0. The molecule has 0 unspecified atom stereocenters. The SMILES string of the molecule is Cc1cccc(O)c1CN(CCC#N)CCC#N. The Hall–Kier alpha value is -2.04. The molecule has 4 nitrogen and oxygen atoms in total. The fourth-order valence-corrected chi connectivity index (χ4v) is 1.80. The standard InChI is InChI=1S/C14H17N3O/c1-12-5-2-6-14(18)13(12)11-17(9-3-7-15)10-4-8-16/h2,5-6,18H,3-4,9-11H2,1H3. The lowest BCUT2D eigenvalue weighted by molar-refractivity contribution is 0.273. The first-order valence-electron chi connectivity index (χ1n) is 5.92. The average molecular weight is 243 g/mol. The largest absolute Gasteiger partial charge is 0.508 e. The van der Waals surface area contributed by atoms with Gasteiger partial charge in [-0.2, -0.15) is 10.5 Å². The molecule has 0 amide bonds. The summed E-state index contributed by atoms with van der Waals surface area (Å²) in [6.45, 7) is 3.75. The summed E-state index contributed by atoms with van der Waals surface area (Å²) in [6.07, 6.45) is 0.857. The monoisotopic (exact) mass is 243 g/mol. The third-order valence-corrected chi connectivity index (χ3v) is 2.85. The van der Waals surface area contributed by atoms with Crippen LogP contribution in [0.2, 0.25) is 0 Å². The van der Waals surface area contributed by atoms with Crippen LogP contribution in [0.5, 0.6) is 5.75 Å². The highest BCUT2D eigenvalue weighted by molar-refractivity contribution is 5.38. The zero-order valence-electron chi connectivity index (χ0n) is 10.6. The summed E-state index contributed by atoms with van der Waals surface area (Å²) in [7, 11) is 0. The van der Waals surface area contributed by atoms with Gasteiger partial charge in [0.1, 0.15) is 5.75 Å². The summed E-state index contributed by atoms with van der Waals surface area (Å²) in [5.74, 6) is 0.272. The molecule has 1 aromatic carbocycles. The molecule has 1 aromatic rings. The van der Waals surface area contributed by atoms with Gasteiger partial charge in [0, 0.05) is 38.0 Å². The van der Waals surface area contributed by atoms with Crippen molar-refractivity contribution < 1.29 is 5.11 Å². The van der Waals surface area contributed by atoms with Crippen LogP contribution in [0.1, 0.15) is 24.0 Å². The van der Waals surface area contributed by atoms with E-state index in [4.69, 9.17) is 10.5 Å². The van der Waals surface area contributed by atoms with Gasteiger partial charge >= 0.3 is 0 Å². The lowest BCUT2D eigenvalue weighted by atomic mass is 10.1. The Labute approximate surface area is 108 Å². The second-order valence-corrected chi connectivity index (χ2v) is 4.16. The van der Waals surface area contributed by atoms with E-state index < -0.39 is 0 Å². The minimum Gasteiger partial charge on any atom is -0.508 e. The molecule has 18 heavy (non-hydrogen) atoms. The van der Waals surface area contributed by atoms with Crippen molar-refractivity contribution in [1.29, 1.82) is 10.5 Å². The average Bonchev–Trinajstić information content (AvgIpc) is 2.36. The van der Waals surface area contributed by atoms with E-state index in [0.717, 1.165) is 11.1 Å². The molecular weight excluding hydrogens is 226 g/mol. The van der Waals surface area contributed by atoms with Gasteiger partial charge in [-0.1, -0.05) is 12.1 Å². The minimum atomic E-state index is 0.272. The van der Waals surface area contributed by atoms with E-state index in [9.17, 15) is 5.11 Å². The van der Waals surface area contributed by atoms with E-state index in [-0.39, 0.29) is 5.75 Å². The zero-order chi connectivity index (χ0) is 13.4. The molecule has 4 heteroatoms. The molecule has 0 aliphatic heterocycles. The van der Waals surface area contributed by atoms with Crippen molar-refractivity contribution in [2.75, 3.05) is 13.1 Å². The first kappa shape index (κ1) is 14.0. The van der Waals surface area contributed by atoms with E-state index in [1.165, 1.54) is 0 Å². The predicted octanol–water partition coefficient (Wildman–Crippen LogP) is 2.33.